The fourth-order valence-corrected chi connectivity index (χ4v) is 6.01. The Balaban J connectivity index is 1.31. The van der Waals surface area contributed by atoms with Crippen molar-refractivity contribution in [3.8, 4) is 0 Å². The van der Waals surface area contributed by atoms with E-state index in [4.69, 9.17) is 58.0 Å². The lowest BCUT2D eigenvalue weighted by molar-refractivity contribution is -0.117. The number of hydrogen-bond donors (Lipinski definition) is 1. The highest BCUT2D eigenvalue weighted by Gasteiger charge is 2.67. The molecule has 0 radical (unpaired) electrons. The molecule has 5 rings (SSSR count). The van der Waals surface area contributed by atoms with Gasteiger partial charge in [0.2, 0.25) is 5.91 Å². The molecular formula is C26H17Cl5N2O2. The van der Waals surface area contributed by atoms with Crippen LogP contribution in [0.2, 0.25) is 15.1 Å². The zero-order valence-electron chi connectivity index (χ0n) is 18.0. The minimum Gasteiger partial charge on any atom is -0.326 e. The van der Waals surface area contributed by atoms with Crippen LogP contribution in [0.1, 0.15) is 38.7 Å². The second-order valence-corrected chi connectivity index (χ2v) is 11.3. The molecule has 35 heavy (non-hydrogen) atoms. The van der Waals surface area contributed by atoms with Gasteiger partial charge in [0.25, 0.3) is 0 Å². The maximum Gasteiger partial charge on any atom is 0.231 e. The standard InChI is InChI=1S/C26H17Cl5N2O2/c27-16-8-15(9-17(28)10-16)23-24(26(23,30)31)25(35)33-18-4-5-20(29)19(11-18)22(34)7-13-6-14-2-1-3-21(14)32-12-13/h1,3-6,8-12,23-24H,2,7H2,(H,33,35). The molecule has 0 bridgehead atoms. The summed E-state index contributed by atoms with van der Waals surface area (Å²) in [4.78, 5) is 30.4. The highest BCUT2D eigenvalue weighted by atomic mass is 35.5. The first-order chi connectivity index (χ1) is 16.6. The van der Waals surface area contributed by atoms with E-state index in [1.54, 1.807) is 42.6 Å². The van der Waals surface area contributed by atoms with Crippen LogP contribution < -0.4 is 5.32 Å². The second kappa shape index (κ2) is 9.42. The van der Waals surface area contributed by atoms with Crippen LogP contribution >= 0.6 is 58.0 Å². The zero-order valence-corrected chi connectivity index (χ0v) is 21.8. The Kier molecular flexibility index (Phi) is 6.62. The smallest absolute Gasteiger partial charge is 0.231 e. The number of nitrogens with zero attached hydrogens (tertiary/aromatic N) is 1. The van der Waals surface area contributed by atoms with Gasteiger partial charge in [-0.05, 0) is 65.6 Å². The molecule has 9 heteroatoms. The number of hydrogen-bond acceptors (Lipinski definition) is 3. The van der Waals surface area contributed by atoms with E-state index in [0.717, 1.165) is 23.2 Å². The van der Waals surface area contributed by atoms with Gasteiger partial charge >= 0.3 is 0 Å². The van der Waals surface area contributed by atoms with E-state index >= 15 is 0 Å². The van der Waals surface area contributed by atoms with Gasteiger partial charge in [-0.1, -0.05) is 46.9 Å². The third kappa shape index (κ3) is 4.96. The van der Waals surface area contributed by atoms with Gasteiger partial charge in [0.05, 0.1) is 16.6 Å². The molecule has 1 heterocycles. The summed E-state index contributed by atoms with van der Waals surface area (Å²) in [7, 11) is 0. The van der Waals surface area contributed by atoms with Gasteiger partial charge in [0, 0.05) is 39.8 Å². The van der Waals surface area contributed by atoms with Crippen LogP contribution in [0.15, 0.2) is 54.7 Å². The van der Waals surface area contributed by atoms with Gasteiger partial charge in [-0.2, -0.15) is 0 Å². The lowest BCUT2D eigenvalue weighted by atomic mass is 10.0. The quantitative estimate of drug-likeness (QED) is 0.247. The monoisotopic (exact) mass is 564 g/mol. The van der Waals surface area contributed by atoms with Gasteiger partial charge in [0.1, 0.15) is 4.33 Å². The molecule has 2 aromatic carbocycles. The average molecular weight is 567 g/mol. The maximum absolute atomic E-state index is 13.0. The van der Waals surface area contributed by atoms with Crippen molar-refractivity contribution in [3.63, 3.8) is 0 Å². The number of allylic oxidation sites excluding steroid dienone is 1. The number of pyridine rings is 1. The Bertz CT molecular complexity index is 1380. The molecule has 2 aliphatic rings. The number of rotatable bonds is 6. The summed E-state index contributed by atoms with van der Waals surface area (Å²) in [6.07, 6.45) is 6.64. The van der Waals surface area contributed by atoms with Gasteiger partial charge in [0.15, 0.2) is 5.78 Å². The molecule has 0 aliphatic heterocycles. The number of anilines is 1. The van der Waals surface area contributed by atoms with Crippen molar-refractivity contribution in [1.29, 1.82) is 0 Å². The first-order valence-electron chi connectivity index (χ1n) is 10.8. The predicted octanol–water partition coefficient (Wildman–Crippen LogP) is 7.56. The van der Waals surface area contributed by atoms with Gasteiger partial charge in [-0.15, -0.1) is 23.2 Å². The Hall–Kier alpha value is -2.08. The number of halogens is 5. The number of alkyl halides is 2. The van der Waals surface area contributed by atoms with E-state index in [-0.39, 0.29) is 18.1 Å². The van der Waals surface area contributed by atoms with Crippen molar-refractivity contribution in [2.45, 2.75) is 23.1 Å². The summed E-state index contributed by atoms with van der Waals surface area (Å²) in [5.74, 6) is -1.76. The van der Waals surface area contributed by atoms with Crippen molar-refractivity contribution in [1.82, 2.24) is 4.98 Å². The molecule has 0 spiro atoms. The molecule has 1 saturated carbocycles. The van der Waals surface area contributed by atoms with Gasteiger partial charge in [-0.3, -0.25) is 14.6 Å². The largest absolute Gasteiger partial charge is 0.326 e. The number of carbonyl (C=O) groups excluding carboxylic acids is 2. The number of benzene rings is 2. The summed E-state index contributed by atoms with van der Waals surface area (Å²) in [5, 5.41) is 3.96. The zero-order chi connectivity index (χ0) is 24.9. The number of Topliss-reactive ketones (excluding diaryl/α,β-unsaturated/α-hetero) is 1. The average Bonchev–Trinajstić information content (AvgIpc) is 3.11. The van der Waals surface area contributed by atoms with E-state index in [9.17, 15) is 9.59 Å². The molecular weight excluding hydrogens is 550 g/mol. The van der Waals surface area contributed by atoms with E-state index in [2.05, 4.69) is 10.3 Å². The molecule has 2 atom stereocenters. The van der Waals surface area contributed by atoms with E-state index < -0.39 is 16.2 Å². The normalized spacial score (nSPS) is 19.3. The fourth-order valence-electron chi connectivity index (χ4n) is 4.42. The van der Waals surface area contributed by atoms with E-state index in [0.29, 0.717) is 31.9 Å². The summed E-state index contributed by atoms with van der Waals surface area (Å²) >= 11 is 31.4. The summed E-state index contributed by atoms with van der Waals surface area (Å²) in [6, 6.07) is 11.7. The van der Waals surface area contributed by atoms with Crippen LogP contribution in [-0.4, -0.2) is 21.0 Å². The minimum absolute atomic E-state index is 0.143. The van der Waals surface area contributed by atoms with Crippen molar-refractivity contribution in [2.24, 2.45) is 5.92 Å². The first kappa shape index (κ1) is 24.6. The molecule has 3 aromatic rings. The van der Waals surface area contributed by atoms with Gasteiger partial charge < -0.3 is 5.32 Å². The third-order valence-corrected chi connectivity index (χ3v) is 7.86. The van der Waals surface area contributed by atoms with Crippen molar-refractivity contribution >= 4 is 81.5 Å². The molecule has 2 aliphatic carbocycles. The number of nitrogens with one attached hydrogen (secondary N) is 1. The number of amides is 1. The highest BCUT2D eigenvalue weighted by molar-refractivity contribution is 6.53. The van der Waals surface area contributed by atoms with Crippen LogP contribution in [0.3, 0.4) is 0 Å². The van der Waals surface area contributed by atoms with Crippen LogP contribution in [0.4, 0.5) is 5.69 Å². The Morgan fingerprint density at radius 3 is 2.51 bits per heavy atom. The van der Waals surface area contributed by atoms with Crippen molar-refractivity contribution in [2.75, 3.05) is 5.32 Å². The first-order valence-corrected chi connectivity index (χ1v) is 12.6. The predicted molar refractivity (Wildman–Crippen MR) is 142 cm³/mol. The molecule has 178 valence electrons. The number of ketones is 1. The number of carbonyl (C=O) groups is 2. The maximum atomic E-state index is 13.0. The number of fused-ring (bicyclic) bond motifs is 1. The minimum atomic E-state index is -1.31. The topological polar surface area (TPSA) is 59.1 Å². The molecule has 1 N–H and O–H groups in total. The van der Waals surface area contributed by atoms with Crippen molar-refractivity contribution in [3.05, 3.63) is 97.8 Å². The lowest BCUT2D eigenvalue weighted by Gasteiger charge is -2.10. The summed E-state index contributed by atoms with van der Waals surface area (Å²) < 4.78 is -1.31. The Morgan fingerprint density at radius 2 is 1.77 bits per heavy atom. The number of aromatic nitrogens is 1. The third-order valence-electron chi connectivity index (χ3n) is 6.15. The van der Waals surface area contributed by atoms with E-state index in [1.807, 2.05) is 18.2 Å². The lowest BCUT2D eigenvalue weighted by Crippen LogP contribution is -2.17. The Morgan fingerprint density at radius 1 is 1.03 bits per heavy atom. The summed E-state index contributed by atoms with van der Waals surface area (Å²) in [5.41, 5.74) is 4.22. The van der Waals surface area contributed by atoms with E-state index in [1.165, 1.54) is 0 Å². The molecule has 1 fully saturated rings. The van der Waals surface area contributed by atoms with Crippen molar-refractivity contribution < 1.29 is 9.59 Å². The summed E-state index contributed by atoms with van der Waals surface area (Å²) in [6.45, 7) is 0. The SMILES string of the molecule is O=C(Cc1cnc2c(c1)CC=C2)c1cc(NC(=O)C2C(c3cc(Cl)cc(Cl)c3)C2(Cl)Cl)ccc1Cl. The molecule has 2 unspecified atom stereocenters. The molecule has 0 saturated heterocycles. The molecule has 1 aromatic heterocycles. The highest BCUT2D eigenvalue weighted by Crippen LogP contribution is 2.65. The van der Waals surface area contributed by atoms with Crippen LogP contribution in [0.5, 0.6) is 0 Å². The Labute approximate surface area is 227 Å². The second-order valence-electron chi connectivity index (χ2n) is 8.61. The van der Waals surface area contributed by atoms with Crippen LogP contribution in [0.25, 0.3) is 6.08 Å². The van der Waals surface area contributed by atoms with Crippen LogP contribution in [-0.2, 0) is 17.6 Å². The fraction of sp³-hybridized carbons (Fsp3) is 0.192. The molecule has 4 nitrogen and oxygen atoms in total. The van der Waals surface area contributed by atoms with Crippen LogP contribution in [0, 0.1) is 5.92 Å². The van der Waals surface area contributed by atoms with Gasteiger partial charge in [-0.25, -0.2) is 0 Å². The molecule has 1 amide bonds.